The minimum absolute atomic E-state index is 0.00426. The van der Waals surface area contributed by atoms with Crippen molar-refractivity contribution in [1.29, 1.82) is 0 Å². The number of rotatable bonds is 7. The molecule has 154 valence electrons. The number of ether oxygens (including phenoxy) is 2. The van der Waals surface area contributed by atoms with Crippen molar-refractivity contribution < 1.29 is 19.1 Å². The Morgan fingerprint density at radius 1 is 0.833 bits per heavy atom. The van der Waals surface area contributed by atoms with Crippen molar-refractivity contribution in [3.8, 4) is 11.5 Å². The Kier molecular flexibility index (Phi) is 7.05. The molecule has 2 amide bonds. The Labute approximate surface area is 175 Å². The van der Waals surface area contributed by atoms with Gasteiger partial charge in [-0.15, -0.1) is 0 Å². The molecule has 0 aliphatic heterocycles. The standard InChI is InChI=1S/C24H24N2O4/c1-17(2)30-20-12-8-11-19(15-20)23(27)25-26-24(28)21-13-6-7-14-22(21)29-16-18-9-4-3-5-10-18/h3-15,17H,16H2,1-2H3,(H,25,27)(H,26,28). The van der Waals surface area contributed by atoms with Crippen molar-refractivity contribution in [2.45, 2.75) is 26.6 Å². The van der Waals surface area contributed by atoms with Crippen molar-refractivity contribution in [1.82, 2.24) is 10.9 Å². The summed E-state index contributed by atoms with van der Waals surface area (Å²) in [5.74, 6) is 0.103. The van der Waals surface area contributed by atoms with Crippen LogP contribution in [0.4, 0.5) is 0 Å². The van der Waals surface area contributed by atoms with E-state index < -0.39 is 11.8 Å². The SMILES string of the molecule is CC(C)Oc1cccc(C(=O)NNC(=O)c2ccccc2OCc2ccccc2)c1. The fourth-order valence-electron chi connectivity index (χ4n) is 2.75. The second-order valence-electron chi connectivity index (χ2n) is 6.87. The lowest BCUT2D eigenvalue weighted by atomic mass is 10.2. The summed E-state index contributed by atoms with van der Waals surface area (Å²) >= 11 is 0. The van der Waals surface area contributed by atoms with Gasteiger partial charge in [0, 0.05) is 5.56 Å². The number of carbonyl (C=O) groups is 2. The molecule has 0 fully saturated rings. The van der Waals surface area contributed by atoms with Crippen LogP contribution in [-0.4, -0.2) is 17.9 Å². The Hall–Kier alpha value is -3.80. The smallest absolute Gasteiger partial charge is 0.273 e. The molecular weight excluding hydrogens is 380 g/mol. The molecule has 0 heterocycles. The summed E-state index contributed by atoms with van der Waals surface area (Å²) in [7, 11) is 0. The summed E-state index contributed by atoms with van der Waals surface area (Å²) in [6.07, 6.45) is -0.00426. The van der Waals surface area contributed by atoms with Crippen LogP contribution in [0.5, 0.6) is 11.5 Å². The number of hydrazine groups is 1. The Morgan fingerprint density at radius 2 is 1.53 bits per heavy atom. The molecule has 0 saturated carbocycles. The van der Waals surface area contributed by atoms with Gasteiger partial charge in [-0.2, -0.15) is 0 Å². The van der Waals surface area contributed by atoms with Crippen LogP contribution in [0.1, 0.15) is 40.1 Å². The van der Waals surface area contributed by atoms with Gasteiger partial charge < -0.3 is 9.47 Å². The zero-order valence-electron chi connectivity index (χ0n) is 16.9. The van der Waals surface area contributed by atoms with Crippen molar-refractivity contribution in [3.05, 3.63) is 95.6 Å². The second kappa shape index (κ2) is 10.1. The molecular formula is C24H24N2O4. The molecule has 3 rings (SSSR count). The van der Waals surface area contributed by atoms with Crippen LogP contribution in [0.25, 0.3) is 0 Å². The number of benzene rings is 3. The van der Waals surface area contributed by atoms with Crippen LogP contribution in [0.15, 0.2) is 78.9 Å². The Morgan fingerprint density at radius 3 is 2.30 bits per heavy atom. The predicted octanol–water partition coefficient (Wildman–Crippen LogP) is 4.13. The molecule has 0 bridgehead atoms. The van der Waals surface area contributed by atoms with Crippen LogP contribution in [0.2, 0.25) is 0 Å². The average molecular weight is 404 g/mol. The van der Waals surface area contributed by atoms with Gasteiger partial charge in [-0.1, -0.05) is 48.5 Å². The first-order valence-electron chi connectivity index (χ1n) is 9.66. The monoisotopic (exact) mass is 404 g/mol. The molecule has 30 heavy (non-hydrogen) atoms. The van der Waals surface area contributed by atoms with Gasteiger partial charge in [0.15, 0.2) is 0 Å². The van der Waals surface area contributed by atoms with E-state index in [1.807, 2.05) is 44.2 Å². The van der Waals surface area contributed by atoms with E-state index in [2.05, 4.69) is 10.9 Å². The third kappa shape index (κ3) is 5.85. The maximum Gasteiger partial charge on any atom is 0.273 e. The summed E-state index contributed by atoms with van der Waals surface area (Å²) in [5, 5.41) is 0. The van der Waals surface area contributed by atoms with Gasteiger partial charge in [0.25, 0.3) is 11.8 Å². The minimum Gasteiger partial charge on any atom is -0.491 e. The fraction of sp³-hybridized carbons (Fsp3) is 0.167. The number of amides is 2. The summed E-state index contributed by atoms with van der Waals surface area (Å²) in [5.41, 5.74) is 6.56. The molecule has 6 heteroatoms. The van der Waals surface area contributed by atoms with Gasteiger partial charge in [0.05, 0.1) is 11.7 Å². The molecule has 0 spiro atoms. The van der Waals surface area contributed by atoms with E-state index in [-0.39, 0.29) is 6.10 Å². The van der Waals surface area contributed by atoms with E-state index in [0.29, 0.717) is 29.2 Å². The van der Waals surface area contributed by atoms with E-state index in [1.54, 1.807) is 48.5 Å². The van der Waals surface area contributed by atoms with Crippen molar-refractivity contribution in [3.63, 3.8) is 0 Å². The van der Waals surface area contributed by atoms with Crippen LogP contribution in [0.3, 0.4) is 0 Å². The van der Waals surface area contributed by atoms with Crippen molar-refractivity contribution in [2.75, 3.05) is 0 Å². The third-order valence-corrected chi connectivity index (χ3v) is 4.13. The van der Waals surface area contributed by atoms with E-state index >= 15 is 0 Å². The molecule has 0 unspecified atom stereocenters. The zero-order chi connectivity index (χ0) is 21.3. The molecule has 0 aliphatic rings. The van der Waals surface area contributed by atoms with E-state index in [4.69, 9.17) is 9.47 Å². The molecule has 6 nitrogen and oxygen atoms in total. The zero-order valence-corrected chi connectivity index (χ0v) is 16.9. The lowest BCUT2D eigenvalue weighted by Crippen LogP contribution is -2.41. The van der Waals surface area contributed by atoms with Crippen LogP contribution < -0.4 is 20.3 Å². The lowest BCUT2D eigenvalue weighted by molar-refractivity contribution is 0.0844. The molecule has 0 saturated heterocycles. The highest BCUT2D eigenvalue weighted by molar-refractivity contribution is 6.00. The highest BCUT2D eigenvalue weighted by atomic mass is 16.5. The number of carbonyl (C=O) groups excluding carboxylic acids is 2. The predicted molar refractivity (Wildman–Crippen MR) is 114 cm³/mol. The van der Waals surface area contributed by atoms with Crippen molar-refractivity contribution >= 4 is 11.8 Å². The average Bonchev–Trinajstić information content (AvgIpc) is 2.76. The van der Waals surface area contributed by atoms with E-state index in [1.165, 1.54) is 0 Å². The first kappa shape index (κ1) is 20.9. The quantitative estimate of drug-likeness (QED) is 0.581. The van der Waals surface area contributed by atoms with Crippen LogP contribution in [-0.2, 0) is 6.61 Å². The second-order valence-corrected chi connectivity index (χ2v) is 6.87. The summed E-state index contributed by atoms with van der Waals surface area (Å²) in [4.78, 5) is 25.0. The van der Waals surface area contributed by atoms with Crippen LogP contribution >= 0.6 is 0 Å². The van der Waals surface area contributed by atoms with Gasteiger partial charge in [0.2, 0.25) is 0 Å². The van der Waals surface area contributed by atoms with E-state index in [9.17, 15) is 9.59 Å². The maximum atomic E-state index is 12.6. The van der Waals surface area contributed by atoms with Crippen LogP contribution in [0, 0.1) is 0 Å². The van der Waals surface area contributed by atoms with Gasteiger partial charge in [-0.05, 0) is 49.7 Å². The molecule has 3 aromatic rings. The largest absolute Gasteiger partial charge is 0.491 e. The van der Waals surface area contributed by atoms with Gasteiger partial charge in [-0.3, -0.25) is 20.4 Å². The first-order chi connectivity index (χ1) is 14.5. The maximum absolute atomic E-state index is 12.6. The van der Waals surface area contributed by atoms with Gasteiger partial charge in [-0.25, -0.2) is 0 Å². The molecule has 0 aliphatic carbocycles. The number of nitrogens with one attached hydrogen (secondary N) is 2. The summed E-state index contributed by atoms with van der Waals surface area (Å²) in [6.45, 7) is 4.15. The molecule has 3 aromatic carbocycles. The molecule has 0 aromatic heterocycles. The first-order valence-corrected chi connectivity index (χ1v) is 9.66. The number of para-hydroxylation sites is 1. The Bertz CT molecular complexity index is 1000. The van der Waals surface area contributed by atoms with Crippen molar-refractivity contribution in [2.24, 2.45) is 0 Å². The van der Waals surface area contributed by atoms with E-state index in [0.717, 1.165) is 5.56 Å². The van der Waals surface area contributed by atoms with Gasteiger partial charge >= 0.3 is 0 Å². The number of hydrogen-bond acceptors (Lipinski definition) is 4. The van der Waals surface area contributed by atoms with Gasteiger partial charge in [0.1, 0.15) is 18.1 Å². The summed E-state index contributed by atoms with van der Waals surface area (Å²) < 4.78 is 11.4. The fourth-order valence-corrected chi connectivity index (χ4v) is 2.75. The molecule has 0 atom stereocenters. The topological polar surface area (TPSA) is 76.7 Å². The molecule has 0 radical (unpaired) electrons. The third-order valence-electron chi connectivity index (χ3n) is 4.13. The normalized spacial score (nSPS) is 10.4. The molecule has 2 N–H and O–H groups in total. The lowest BCUT2D eigenvalue weighted by Gasteiger charge is -2.13. The summed E-state index contributed by atoms with van der Waals surface area (Å²) in [6, 6.07) is 23.3. The number of hydrogen-bond donors (Lipinski definition) is 2. The minimum atomic E-state index is -0.471. The highest BCUT2D eigenvalue weighted by Crippen LogP contribution is 2.19. The highest BCUT2D eigenvalue weighted by Gasteiger charge is 2.14. The Balaban J connectivity index is 1.62.